The first-order valence-electron chi connectivity index (χ1n) is 7.59. The van der Waals surface area contributed by atoms with Crippen LogP contribution in [0.3, 0.4) is 0 Å². The maximum absolute atomic E-state index is 12.4. The lowest BCUT2D eigenvalue weighted by Gasteiger charge is -2.10. The number of ether oxygens (including phenoxy) is 2. The second kappa shape index (κ2) is 6.37. The summed E-state index contributed by atoms with van der Waals surface area (Å²) in [7, 11) is 0. The van der Waals surface area contributed by atoms with Crippen LogP contribution in [0.4, 0.5) is 0 Å². The molecule has 0 aliphatic carbocycles. The van der Waals surface area contributed by atoms with Gasteiger partial charge in [-0.25, -0.2) is 0 Å². The smallest absolute Gasteiger partial charge is 0.251 e. The van der Waals surface area contributed by atoms with E-state index in [1.54, 1.807) is 29.5 Å². The lowest BCUT2D eigenvalue weighted by Crippen LogP contribution is -2.23. The van der Waals surface area contributed by atoms with Gasteiger partial charge in [-0.15, -0.1) is 0 Å². The predicted octanol–water partition coefficient (Wildman–Crippen LogP) is 4.07. The fourth-order valence-electron chi connectivity index (χ4n) is 2.69. The minimum absolute atomic E-state index is 0.131. The van der Waals surface area contributed by atoms with Crippen molar-refractivity contribution in [2.45, 2.75) is 6.54 Å². The third-order valence-corrected chi connectivity index (χ3v) is 4.61. The van der Waals surface area contributed by atoms with E-state index in [1.807, 2.05) is 18.2 Å². The summed E-state index contributed by atoms with van der Waals surface area (Å²) in [5.74, 6) is 1.16. The van der Waals surface area contributed by atoms with Gasteiger partial charge in [0, 0.05) is 12.1 Å². The molecule has 0 atom stereocenters. The van der Waals surface area contributed by atoms with Crippen LogP contribution in [0.25, 0.3) is 11.1 Å². The van der Waals surface area contributed by atoms with E-state index in [9.17, 15) is 4.79 Å². The normalized spacial score (nSPS) is 12.2. The van der Waals surface area contributed by atoms with Crippen molar-refractivity contribution in [1.29, 1.82) is 0 Å². The third kappa shape index (κ3) is 2.86. The van der Waals surface area contributed by atoms with Gasteiger partial charge in [-0.05, 0) is 51.7 Å². The Hall–Kier alpha value is -2.79. The standard InChI is InChI=1S/C19H15NO3S/c21-19(13-5-6-17-18(9-13)23-12-22-17)20-10-14-3-1-2-4-16(14)15-7-8-24-11-15/h1-9,11H,10,12H2,(H,20,21). The average molecular weight is 337 g/mol. The van der Waals surface area contributed by atoms with Crippen LogP contribution in [-0.2, 0) is 6.54 Å². The number of thiophene rings is 1. The molecule has 120 valence electrons. The number of hydrogen-bond acceptors (Lipinski definition) is 4. The molecule has 1 aliphatic rings. The van der Waals surface area contributed by atoms with Crippen LogP contribution in [0.2, 0.25) is 0 Å². The predicted molar refractivity (Wildman–Crippen MR) is 93.5 cm³/mol. The SMILES string of the molecule is O=C(NCc1ccccc1-c1ccsc1)c1ccc2c(c1)OCO2. The molecule has 4 nitrogen and oxygen atoms in total. The molecule has 0 unspecified atom stereocenters. The molecule has 0 radical (unpaired) electrons. The van der Waals surface area contributed by atoms with Crippen LogP contribution < -0.4 is 14.8 Å². The lowest BCUT2D eigenvalue weighted by atomic mass is 10.0. The van der Waals surface area contributed by atoms with Crippen LogP contribution in [0, 0.1) is 0 Å². The minimum atomic E-state index is -0.131. The van der Waals surface area contributed by atoms with E-state index in [2.05, 4.69) is 28.2 Å². The molecule has 2 aromatic carbocycles. The van der Waals surface area contributed by atoms with E-state index in [0.717, 1.165) is 11.1 Å². The third-order valence-electron chi connectivity index (χ3n) is 3.92. The minimum Gasteiger partial charge on any atom is -0.454 e. The fraction of sp³-hybridized carbons (Fsp3) is 0.105. The molecule has 0 bridgehead atoms. The number of fused-ring (bicyclic) bond motifs is 1. The molecule has 1 amide bonds. The molecule has 5 heteroatoms. The zero-order valence-corrected chi connectivity index (χ0v) is 13.6. The van der Waals surface area contributed by atoms with Gasteiger partial charge in [-0.1, -0.05) is 24.3 Å². The summed E-state index contributed by atoms with van der Waals surface area (Å²) in [6.07, 6.45) is 0. The van der Waals surface area contributed by atoms with Crippen molar-refractivity contribution in [2.24, 2.45) is 0 Å². The summed E-state index contributed by atoms with van der Waals surface area (Å²) >= 11 is 1.66. The first-order chi connectivity index (χ1) is 11.8. The molecule has 3 aromatic rings. The molecule has 4 rings (SSSR count). The zero-order valence-electron chi connectivity index (χ0n) is 12.8. The van der Waals surface area contributed by atoms with Gasteiger partial charge in [0.15, 0.2) is 11.5 Å². The first-order valence-corrected chi connectivity index (χ1v) is 8.54. The van der Waals surface area contributed by atoms with E-state index in [-0.39, 0.29) is 12.7 Å². The number of nitrogens with one attached hydrogen (secondary N) is 1. The highest BCUT2D eigenvalue weighted by atomic mass is 32.1. The number of hydrogen-bond donors (Lipinski definition) is 1. The Kier molecular flexibility index (Phi) is 3.92. The van der Waals surface area contributed by atoms with E-state index in [1.165, 1.54) is 5.56 Å². The maximum atomic E-state index is 12.4. The van der Waals surface area contributed by atoms with E-state index in [4.69, 9.17) is 9.47 Å². The average Bonchev–Trinajstić information content (AvgIpc) is 3.30. The summed E-state index contributed by atoms with van der Waals surface area (Å²) in [6.45, 7) is 0.674. The number of amides is 1. The van der Waals surface area contributed by atoms with E-state index >= 15 is 0 Å². The molecule has 1 aliphatic heterocycles. The van der Waals surface area contributed by atoms with E-state index < -0.39 is 0 Å². The van der Waals surface area contributed by atoms with Crippen LogP contribution >= 0.6 is 11.3 Å². The van der Waals surface area contributed by atoms with Crippen LogP contribution in [-0.4, -0.2) is 12.7 Å². The number of benzene rings is 2. The van der Waals surface area contributed by atoms with Gasteiger partial charge in [-0.2, -0.15) is 11.3 Å². The van der Waals surface area contributed by atoms with Crippen molar-refractivity contribution in [3.8, 4) is 22.6 Å². The Bertz CT molecular complexity index is 874. The largest absolute Gasteiger partial charge is 0.454 e. The Balaban J connectivity index is 1.50. The van der Waals surface area contributed by atoms with Crippen molar-refractivity contribution < 1.29 is 14.3 Å². The maximum Gasteiger partial charge on any atom is 0.251 e. The fourth-order valence-corrected chi connectivity index (χ4v) is 3.35. The molecule has 1 N–H and O–H groups in total. The summed E-state index contributed by atoms with van der Waals surface area (Å²) in [5, 5.41) is 7.14. The van der Waals surface area contributed by atoms with Crippen LogP contribution in [0.5, 0.6) is 11.5 Å². The monoisotopic (exact) mass is 337 g/mol. The highest BCUT2D eigenvalue weighted by molar-refractivity contribution is 7.08. The van der Waals surface area contributed by atoms with Crippen molar-refractivity contribution in [2.75, 3.05) is 6.79 Å². The Morgan fingerprint density at radius 3 is 2.83 bits per heavy atom. The topological polar surface area (TPSA) is 47.6 Å². The molecular formula is C19H15NO3S. The quantitative estimate of drug-likeness (QED) is 0.780. The van der Waals surface area contributed by atoms with Gasteiger partial charge in [0.05, 0.1) is 0 Å². The van der Waals surface area contributed by atoms with Crippen LogP contribution in [0.1, 0.15) is 15.9 Å². The van der Waals surface area contributed by atoms with Gasteiger partial charge in [-0.3, -0.25) is 4.79 Å². The molecule has 0 saturated carbocycles. The van der Waals surface area contributed by atoms with Gasteiger partial charge in [0.2, 0.25) is 6.79 Å². The molecule has 0 saturated heterocycles. The highest BCUT2D eigenvalue weighted by Gasteiger charge is 2.16. The molecule has 0 fully saturated rings. The van der Waals surface area contributed by atoms with Gasteiger partial charge >= 0.3 is 0 Å². The number of rotatable bonds is 4. The van der Waals surface area contributed by atoms with Gasteiger partial charge in [0.25, 0.3) is 5.91 Å². The lowest BCUT2D eigenvalue weighted by molar-refractivity contribution is 0.0950. The molecule has 2 heterocycles. The van der Waals surface area contributed by atoms with Crippen molar-refractivity contribution in [3.05, 3.63) is 70.4 Å². The summed E-state index contributed by atoms with van der Waals surface area (Å²) in [5.41, 5.74) is 3.97. The Morgan fingerprint density at radius 2 is 1.96 bits per heavy atom. The Morgan fingerprint density at radius 1 is 1.08 bits per heavy atom. The van der Waals surface area contributed by atoms with Crippen molar-refractivity contribution >= 4 is 17.2 Å². The second-order valence-corrected chi connectivity index (χ2v) is 6.20. The summed E-state index contributed by atoms with van der Waals surface area (Å²) < 4.78 is 10.6. The Labute approximate surface area is 143 Å². The second-order valence-electron chi connectivity index (χ2n) is 5.42. The van der Waals surface area contributed by atoms with Crippen molar-refractivity contribution in [3.63, 3.8) is 0 Å². The molecule has 24 heavy (non-hydrogen) atoms. The van der Waals surface area contributed by atoms with Crippen molar-refractivity contribution in [1.82, 2.24) is 5.32 Å². The molecular weight excluding hydrogens is 322 g/mol. The zero-order chi connectivity index (χ0) is 16.4. The van der Waals surface area contributed by atoms with Gasteiger partial charge in [0.1, 0.15) is 0 Å². The summed E-state index contributed by atoms with van der Waals surface area (Å²) in [6, 6.07) is 15.4. The number of carbonyl (C=O) groups excluding carboxylic acids is 1. The molecule has 1 aromatic heterocycles. The van der Waals surface area contributed by atoms with Crippen LogP contribution in [0.15, 0.2) is 59.3 Å². The number of carbonyl (C=O) groups is 1. The molecule has 0 spiro atoms. The first kappa shape index (κ1) is 14.8. The summed E-state index contributed by atoms with van der Waals surface area (Å²) in [4.78, 5) is 12.4. The van der Waals surface area contributed by atoms with Gasteiger partial charge < -0.3 is 14.8 Å². The van der Waals surface area contributed by atoms with E-state index in [0.29, 0.717) is 23.6 Å². The highest BCUT2D eigenvalue weighted by Crippen LogP contribution is 2.32.